The van der Waals surface area contributed by atoms with Crippen LogP contribution in [0.4, 0.5) is 0 Å². The molecular formula is C23H28N4O. The lowest BCUT2D eigenvalue weighted by Crippen LogP contribution is -2.35. The molecule has 0 atom stereocenters. The van der Waals surface area contributed by atoms with Crippen LogP contribution in [0.2, 0.25) is 0 Å². The Morgan fingerprint density at radius 3 is 2.68 bits per heavy atom. The summed E-state index contributed by atoms with van der Waals surface area (Å²) in [6, 6.07) is 6.10. The number of benzene rings is 1. The molecule has 0 N–H and O–H groups in total. The first-order chi connectivity index (χ1) is 13.6. The number of fused-ring (bicyclic) bond motifs is 1. The summed E-state index contributed by atoms with van der Waals surface area (Å²) in [5.41, 5.74) is 5.78. The van der Waals surface area contributed by atoms with Crippen LogP contribution in [-0.4, -0.2) is 38.7 Å². The molecule has 0 unspecified atom stereocenters. The van der Waals surface area contributed by atoms with Crippen molar-refractivity contribution in [1.82, 2.24) is 19.7 Å². The number of nitrogens with zero attached hydrogens (tertiary/aromatic N) is 4. The Balaban J connectivity index is 1.86. The lowest BCUT2D eigenvalue weighted by atomic mass is 9.98. The molecule has 0 spiro atoms. The Hall–Kier alpha value is -2.69. The molecule has 0 aliphatic carbocycles. The average molecular weight is 377 g/mol. The number of carbonyl (C=O) groups is 1. The van der Waals surface area contributed by atoms with Crippen molar-refractivity contribution in [3.05, 3.63) is 47.3 Å². The van der Waals surface area contributed by atoms with Gasteiger partial charge in [-0.3, -0.25) is 9.48 Å². The third-order valence-electron chi connectivity index (χ3n) is 5.76. The molecule has 1 fully saturated rings. The van der Waals surface area contributed by atoms with Crippen molar-refractivity contribution in [1.29, 1.82) is 0 Å². The Morgan fingerprint density at radius 1 is 1.14 bits per heavy atom. The van der Waals surface area contributed by atoms with Crippen LogP contribution in [0.3, 0.4) is 0 Å². The van der Waals surface area contributed by atoms with E-state index in [0.29, 0.717) is 0 Å². The molecule has 146 valence electrons. The first-order valence-corrected chi connectivity index (χ1v) is 10.3. The molecular weight excluding hydrogens is 348 g/mol. The highest BCUT2D eigenvalue weighted by atomic mass is 16.2. The predicted octanol–water partition coefficient (Wildman–Crippen LogP) is 4.75. The third-order valence-corrected chi connectivity index (χ3v) is 5.76. The van der Waals surface area contributed by atoms with Crippen LogP contribution in [0.25, 0.3) is 22.2 Å². The molecule has 0 saturated carbocycles. The van der Waals surface area contributed by atoms with Crippen molar-refractivity contribution < 1.29 is 4.79 Å². The molecule has 3 aromatic rings. The Kier molecular flexibility index (Phi) is 5.16. The van der Waals surface area contributed by atoms with Gasteiger partial charge in [-0.1, -0.05) is 19.1 Å². The maximum absolute atomic E-state index is 13.4. The zero-order valence-electron chi connectivity index (χ0n) is 17.0. The quantitative estimate of drug-likeness (QED) is 0.660. The number of amides is 1. The van der Waals surface area contributed by atoms with Gasteiger partial charge in [0.15, 0.2) is 0 Å². The van der Waals surface area contributed by atoms with E-state index in [-0.39, 0.29) is 5.91 Å². The van der Waals surface area contributed by atoms with E-state index < -0.39 is 0 Å². The van der Waals surface area contributed by atoms with Crippen LogP contribution in [-0.2, 0) is 6.54 Å². The fourth-order valence-corrected chi connectivity index (χ4v) is 3.97. The topological polar surface area (TPSA) is 51.0 Å². The summed E-state index contributed by atoms with van der Waals surface area (Å²) in [6.45, 7) is 8.88. The predicted molar refractivity (Wildman–Crippen MR) is 112 cm³/mol. The van der Waals surface area contributed by atoms with Crippen molar-refractivity contribution >= 4 is 16.8 Å². The summed E-state index contributed by atoms with van der Waals surface area (Å²) in [7, 11) is 0. The Morgan fingerprint density at radius 2 is 1.93 bits per heavy atom. The van der Waals surface area contributed by atoms with Crippen molar-refractivity contribution in [2.24, 2.45) is 0 Å². The summed E-state index contributed by atoms with van der Waals surface area (Å²) in [4.78, 5) is 20.3. The lowest BCUT2D eigenvalue weighted by Gasteiger charge is -2.27. The second-order valence-corrected chi connectivity index (χ2v) is 7.80. The lowest BCUT2D eigenvalue weighted by molar-refractivity contribution is 0.0726. The second kappa shape index (κ2) is 7.74. The fourth-order valence-electron chi connectivity index (χ4n) is 3.97. The zero-order chi connectivity index (χ0) is 19.7. The number of hydrogen-bond acceptors (Lipinski definition) is 3. The van der Waals surface area contributed by atoms with Gasteiger partial charge in [0.1, 0.15) is 0 Å². The van der Waals surface area contributed by atoms with Gasteiger partial charge in [0.05, 0.1) is 23.0 Å². The summed E-state index contributed by atoms with van der Waals surface area (Å²) in [5, 5.41) is 5.40. The fraction of sp³-hybridized carbons (Fsp3) is 0.435. The third kappa shape index (κ3) is 3.41. The largest absolute Gasteiger partial charge is 0.339 e. The molecule has 0 bridgehead atoms. The van der Waals surface area contributed by atoms with Gasteiger partial charge in [-0.25, -0.2) is 4.98 Å². The molecule has 2 aromatic heterocycles. The molecule has 3 heterocycles. The number of piperidine rings is 1. The zero-order valence-corrected chi connectivity index (χ0v) is 17.0. The number of carbonyl (C=O) groups excluding carboxylic acids is 1. The minimum atomic E-state index is 0.123. The molecule has 1 aliphatic rings. The number of aromatic nitrogens is 3. The Bertz CT molecular complexity index is 1010. The first kappa shape index (κ1) is 18.7. The van der Waals surface area contributed by atoms with Crippen LogP contribution in [0.1, 0.15) is 54.1 Å². The molecule has 1 amide bonds. The van der Waals surface area contributed by atoms with Crippen molar-refractivity contribution in [3.8, 4) is 11.3 Å². The molecule has 0 radical (unpaired) electrons. The average Bonchev–Trinajstić information content (AvgIpc) is 3.19. The SMILES string of the molecule is CCCn1cc(-c2cc(C(=O)N3CCCCC3)c3ccc(C)c(C)c3n2)cn1. The highest BCUT2D eigenvalue weighted by Gasteiger charge is 2.22. The standard InChI is InChI=1S/C23H28N4O/c1-4-10-27-15-18(14-24-27)21-13-20(23(28)26-11-6-5-7-12-26)19-9-8-16(2)17(3)22(19)25-21/h8-9,13-15H,4-7,10-12H2,1-3H3. The van der Waals surface area contributed by atoms with E-state index in [1.54, 1.807) is 0 Å². The van der Waals surface area contributed by atoms with Gasteiger partial charge in [-0.15, -0.1) is 0 Å². The highest BCUT2D eigenvalue weighted by Crippen LogP contribution is 2.29. The number of rotatable bonds is 4. The summed E-state index contributed by atoms with van der Waals surface area (Å²) in [5.74, 6) is 0.123. The van der Waals surface area contributed by atoms with Gasteiger partial charge in [-0.05, 0) is 56.7 Å². The van der Waals surface area contributed by atoms with E-state index >= 15 is 0 Å². The molecule has 1 saturated heterocycles. The van der Waals surface area contributed by atoms with Gasteiger partial charge in [0, 0.05) is 36.8 Å². The van der Waals surface area contributed by atoms with Crippen molar-refractivity contribution in [2.75, 3.05) is 13.1 Å². The summed E-state index contributed by atoms with van der Waals surface area (Å²) in [6.07, 6.45) is 8.29. The van der Waals surface area contributed by atoms with Crippen LogP contribution in [0.15, 0.2) is 30.6 Å². The van der Waals surface area contributed by atoms with E-state index in [9.17, 15) is 4.79 Å². The van der Waals surface area contributed by atoms with Gasteiger partial charge in [0.2, 0.25) is 0 Å². The van der Waals surface area contributed by atoms with E-state index in [1.165, 1.54) is 12.0 Å². The number of hydrogen-bond donors (Lipinski definition) is 0. The number of likely N-dealkylation sites (tertiary alicyclic amines) is 1. The van der Waals surface area contributed by atoms with E-state index in [2.05, 4.69) is 31.9 Å². The van der Waals surface area contributed by atoms with Crippen molar-refractivity contribution in [2.45, 2.75) is 53.0 Å². The monoisotopic (exact) mass is 376 g/mol. The van der Waals surface area contributed by atoms with E-state index in [1.807, 2.05) is 34.1 Å². The maximum atomic E-state index is 13.4. The van der Waals surface area contributed by atoms with Crippen LogP contribution < -0.4 is 0 Å². The number of aryl methyl sites for hydroxylation is 3. The molecule has 28 heavy (non-hydrogen) atoms. The normalized spacial score (nSPS) is 14.6. The van der Waals surface area contributed by atoms with Crippen LogP contribution in [0.5, 0.6) is 0 Å². The van der Waals surface area contributed by atoms with Gasteiger partial charge >= 0.3 is 0 Å². The molecule has 1 aliphatic heterocycles. The highest BCUT2D eigenvalue weighted by molar-refractivity contribution is 6.08. The molecule has 5 heteroatoms. The number of pyridine rings is 1. The smallest absolute Gasteiger partial charge is 0.254 e. The van der Waals surface area contributed by atoms with Gasteiger partial charge < -0.3 is 4.90 Å². The second-order valence-electron chi connectivity index (χ2n) is 7.80. The summed E-state index contributed by atoms with van der Waals surface area (Å²) < 4.78 is 1.94. The minimum absolute atomic E-state index is 0.123. The van der Waals surface area contributed by atoms with Crippen LogP contribution >= 0.6 is 0 Å². The van der Waals surface area contributed by atoms with Crippen molar-refractivity contribution in [3.63, 3.8) is 0 Å². The van der Waals surface area contributed by atoms with Gasteiger partial charge in [-0.2, -0.15) is 5.10 Å². The van der Waals surface area contributed by atoms with Crippen LogP contribution in [0, 0.1) is 13.8 Å². The molecule has 5 nitrogen and oxygen atoms in total. The summed E-state index contributed by atoms with van der Waals surface area (Å²) >= 11 is 0. The Labute approximate surface area is 166 Å². The van der Waals surface area contributed by atoms with E-state index in [4.69, 9.17) is 4.98 Å². The first-order valence-electron chi connectivity index (χ1n) is 10.3. The molecule has 4 rings (SSSR count). The minimum Gasteiger partial charge on any atom is -0.339 e. The van der Waals surface area contributed by atoms with Gasteiger partial charge in [0.25, 0.3) is 5.91 Å². The van der Waals surface area contributed by atoms with E-state index in [0.717, 1.165) is 72.2 Å². The molecule has 1 aromatic carbocycles. The maximum Gasteiger partial charge on any atom is 0.254 e.